The van der Waals surface area contributed by atoms with E-state index in [9.17, 15) is 29.1 Å². The summed E-state index contributed by atoms with van der Waals surface area (Å²) in [5.74, 6) is -0.370. The molecule has 0 bridgehead atoms. The van der Waals surface area contributed by atoms with Crippen LogP contribution in [-0.4, -0.2) is 90.2 Å². The fourth-order valence-electron chi connectivity index (χ4n) is 3.08. The van der Waals surface area contributed by atoms with E-state index in [1.165, 1.54) is 35.5 Å². The summed E-state index contributed by atoms with van der Waals surface area (Å²) < 4.78 is 6.21. The van der Waals surface area contributed by atoms with E-state index in [2.05, 4.69) is 41.3 Å². The number of carboxylic acid groups (broad SMARTS) is 1. The van der Waals surface area contributed by atoms with Gasteiger partial charge in [0, 0.05) is 30.7 Å². The van der Waals surface area contributed by atoms with Gasteiger partial charge in [0.15, 0.2) is 10.9 Å². The lowest BCUT2D eigenvalue weighted by atomic mass is 10.1. The predicted molar refractivity (Wildman–Crippen MR) is 125 cm³/mol. The molecule has 0 aromatic carbocycles. The Balaban J connectivity index is 1.76. The fourth-order valence-corrected chi connectivity index (χ4v) is 5.80. The highest BCUT2D eigenvalue weighted by Gasteiger charge is 2.53. The average Bonchev–Trinajstić information content (AvgIpc) is 2.79. The second kappa shape index (κ2) is 11.2. The lowest BCUT2D eigenvalue weighted by Crippen LogP contribution is -2.70. The number of β-lactam (4-membered cyclic amide) rings is 1. The van der Waals surface area contributed by atoms with Crippen molar-refractivity contribution >= 4 is 63.0 Å². The normalized spacial score (nSPS) is 20.0. The monoisotopic (exact) mass is 578 g/mol. The number of nitrogens with zero attached hydrogens (tertiary/aromatic N) is 4. The minimum Gasteiger partial charge on any atom is -0.449 e. The van der Waals surface area contributed by atoms with Gasteiger partial charge in [0.2, 0.25) is 5.88 Å². The number of ketones is 1. The molecular weight excluding hydrogens is 560 g/mol. The summed E-state index contributed by atoms with van der Waals surface area (Å²) >= 11 is 5.51. The number of aromatic amines is 1. The highest BCUT2D eigenvalue weighted by molar-refractivity contribution is 9.09. The lowest BCUT2D eigenvalue weighted by molar-refractivity contribution is -0.146. The molecule has 1 aromatic heterocycles. The number of alkyl halides is 1. The quantitative estimate of drug-likeness (QED) is 0.0604. The fraction of sp³-hybridized carbons (Fsp3) is 0.471. The SMILES string of the molecule is CO/N=C(/CN[C@@H]1C(=O)N2C(OC(=O)O)=C(CSc3nc(=O)c(=O)[nH]n3C)CS[C@H]12)C(=O)CBr. The van der Waals surface area contributed by atoms with Crippen LogP contribution in [-0.2, 0) is 26.2 Å². The number of H-pyrrole nitrogens is 1. The highest BCUT2D eigenvalue weighted by atomic mass is 79.9. The van der Waals surface area contributed by atoms with Crippen LogP contribution in [0.1, 0.15) is 0 Å². The Hall–Kier alpha value is -2.63. The van der Waals surface area contributed by atoms with Crippen molar-refractivity contribution in [3.63, 3.8) is 0 Å². The van der Waals surface area contributed by atoms with Crippen molar-refractivity contribution < 1.29 is 29.1 Å². The summed E-state index contributed by atoms with van der Waals surface area (Å²) in [5.41, 5.74) is -1.22. The molecule has 0 radical (unpaired) electrons. The number of aryl methyl sites for hydroxylation is 1. The molecule has 1 saturated heterocycles. The number of hydrogen-bond acceptors (Lipinski definition) is 12. The molecular formula is C17H19BrN6O8S2. The molecule has 3 heterocycles. The maximum atomic E-state index is 12.8. The number of ether oxygens (including phenoxy) is 1. The first-order valence-electron chi connectivity index (χ1n) is 9.48. The number of rotatable bonds is 10. The van der Waals surface area contributed by atoms with Gasteiger partial charge in [-0.25, -0.2) is 4.79 Å². The third-order valence-electron chi connectivity index (χ3n) is 4.63. The van der Waals surface area contributed by atoms with Crippen LogP contribution in [0.2, 0.25) is 0 Å². The Kier molecular flexibility index (Phi) is 8.56. The third kappa shape index (κ3) is 5.53. The number of oxime groups is 1. The molecule has 1 aromatic rings. The predicted octanol–water partition coefficient (Wildman–Crippen LogP) is -0.693. The Labute approximate surface area is 208 Å². The number of hydrogen-bond donors (Lipinski definition) is 3. The van der Waals surface area contributed by atoms with E-state index in [1.54, 1.807) is 0 Å². The summed E-state index contributed by atoms with van der Waals surface area (Å²) in [6.45, 7) is -0.0208. The van der Waals surface area contributed by atoms with Crippen LogP contribution >= 0.6 is 39.5 Å². The van der Waals surface area contributed by atoms with Crippen molar-refractivity contribution in [2.45, 2.75) is 16.6 Å². The van der Waals surface area contributed by atoms with Gasteiger partial charge in [-0.1, -0.05) is 32.8 Å². The van der Waals surface area contributed by atoms with Crippen LogP contribution in [0.5, 0.6) is 0 Å². The zero-order chi connectivity index (χ0) is 25.0. The molecule has 1 amide bonds. The second-order valence-electron chi connectivity index (χ2n) is 6.81. The summed E-state index contributed by atoms with van der Waals surface area (Å²) in [6.07, 6.45) is -1.58. The Morgan fingerprint density at radius 1 is 1.41 bits per heavy atom. The molecule has 0 saturated carbocycles. The maximum Gasteiger partial charge on any atom is 0.512 e. The Morgan fingerprint density at radius 3 is 2.79 bits per heavy atom. The molecule has 0 aliphatic carbocycles. The number of halogens is 1. The lowest BCUT2D eigenvalue weighted by Gasteiger charge is -2.49. The van der Waals surface area contributed by atoms with E-state index >= 15 is 0 Å². The van der Waals surface area contributed by atoms with Crippen molar-refractivity contribution in [3.05, 3.63) is 32.2 Å². The minimum absolute atomic E-state index is 0.0208. The Bertz CT molecular complexity index is 1180. The summed E-state index contributed by atoms with van der Waals surface area (Å²) in [7, 11) is 2.80. The average molecular weight is 579 g/mol. The van der Waals surface area contributed by atoms with E-state index < -0.39 is 34.6 Å². The van der Waals surface area contributed by atoms with Gasteiger partial charge in [0.05, 0.1) is 5.33 Å². The molecule has 14 nitrogen and oxygen atoms in total. The summed E-state index contributed by atoms with van der Waals surface area (Å²) in [4.78, 5) is 68.5. The number of carbonyl (C=O) groups is 3. The summed E-state index contributed by atoms with van der Waals surface area (Å²) in [6, 6.07) is -0.696. The van der Waals surface area contributed by atoms with Gasteiger partial charge in [0.1, 0.15) is 24.2 Å². The van der Waals surface area contributed by atoms with E-state index in [0.717, 1.165) is 11.8 Å². The standard InChI is InChI=1S/C17H19BrN6O8S2/c1-23-16(20-11(26)12(27)21-23)34-6-7-5-33-15-10(13(28)24(15)14(7)32-17(29)30)19-4-8(22-31-2)9(25)3-18/h10,15,19H,3-6H2,1-2H3,(H,21,27)(H,29,30)/b22-8-/t10-,15-/m1/s1. The smallest absolute Gasteiger partial charge is 0.449 e. The van der Waals surface area contributed by atoms with Crippen LogP contribution in [0, 0.1) is 0 Å². The van der Waals surface area contributed by atoms with Gasteiger partial charge >= 0.3 is 17.3 Å². The maximum absolute atomic E-state index is 12.8. The van der Waals surface area contributed by atoms with Gasteiger partial charge in [0.25, 0.3) is 5.91 Å². The van der Waals surface area contributed by atoms with Gasteiger partial charge in [-0.2, -0.15) is 4.98 Å². The van der Waals surface area contributed by atoms with Crippen LogP contribution in [0.4, 0.5) is 4.79 Å². The molecule has 2 aliphatic heterocycles. The largest absolute Gasteiger partial charge is 0.512 e. The topological polar surface area (TPSA) is 185 Å². The van der Waals surface area contributed by atoms with Gasteiger partial charge < -0.3 is 14.7 Å². The second-order valence-corrected chi connectivity index (χ2v) is 9.42. The summed E-state index contributed by atoms with van der Waals surface area (Å²) in [5, 5.41) is 17.9. The molecule has 184 valence electrons. The number of amides is 1. The van der Waals surface area contributed by atoms with Crippen LogP contribution in [0.3, 0.4) is 0 Å². The minimum atomic E-state index is -1.58. The number of nitrogens with one attached hydrogen (secondary N) is 2. The highest BCUT2D eigenvalue weighted by Crippen LogP contribution is 2.41. The van der Waals surface area contributed by atoms with E-state index in [1.807, 2.05) is 0 Å². The number of fused-ring (bicyclic) bond motifs is 1. The molecule has 3 N–H and O–H groups in total. The number of carbonyl (C=O) groups excluding carboxylic acids is 2. The number of aromatic nitrogens is 3. The molecule has 0 spiro atoms. The van der Waals surface area contributed by atoms with Gasteiger partial charge in [-0.3, -0.25) is 39.2 Å². The Morgan fingerprint density at radius 2 is 2.15 bits per heavy atom. The van der Waals surface area contributed by atoms with E-state index in [0.29, 0.717) is 11.3 Å². The molecule has 3 rings (SSSR count). The van der Waals surface area contributed by atoms with Crippen molar-refractivity contribution in [1.29, 1.82) is 0 Å². The van der Waals surface area contributed by atoms with Crippen molar-refractivity contribution in [3.8, 4) is 0 Å². The molecule has 2 aliphatic rings. The molecule has 0 unspecified atom stereocenters. The number of thioether (sulfide) groups is 2. The van der Waals surface area contributed by atoms with Crippen molar-refractivity contribution in [2.75, 3.05) is 30.5 Å². The van der Waals surface area contributed by atoms with Gasteiger partial charge in [-0.15, -0.1) is 11.8 Å². The third-order valence-corrected chi connectivity index (χ3v) is 7.60. The first-order valence-corrected chi connectivity index (χ1v) is 12.6. The number of Topliss-reactive ketones (excluding diaryl/α,β-unsaturated/α-hetero) is 1. The van der Waals surface area contributed by atoms with E-state index in [-0.39, 0.29) is 40.2 Å². The van der Waals surface area contributed by atoms with Gasteiger partial charge in [-0.05, 0) is 0 Å². The van der Waals surface area contributed by atoms with Crippen molar-refractivity contribution in [1.82, 2.24) is 25.0 Å². The van der Waals surface area contributed by atoms with E-state index in [4.69, 9.17) is 4.74 Å². The molecule has 1 fully saturated rings. The zero-order valence-electron chi connectivity index (χ0n) is 17.8. The van der Waals surface area contributed by atoms with Crippen LogP contribution < -0.4 is 16.4 Å². The molecule has 17 heteroatoms. The first kappa shape index (κ1) is 26.0. The van der Waals surface area contributed by atoms with Crippen molar-refractivity contribution in [2.24, 2.45) is 12.2 Å². The van der Waals surface area contributed by atoms with Crippen LogP contribution in [0.25, 0.3) is 0 Å². The molecule has 34 heavy (non-hydrogen) atoms. The molecule has 2 atom stereocenters. The van der Waals surface area contributed by atoms with Crippen LogP contribution in [0.15, 0.2) is 31.4 Å². The zero-order valence-corrected chi connectivity index (χ0v) is 21.0. The first-order chi connectivity index (χ1) is 16.2.